The van der Waals surface area contributed by atoms with E-state index in [4.69, 9.17) is 5.73 Å². The maximum absolute atomic E-state index is 6.71. The zero-order valence-electron chi connectivity index (χ0n) is 12.9. The number of hydrogen-bond donors (Lipinski definition) is 1. The number of hydrogen-bond acceptors (Lipinski definition) is 3. The van der Waals surface area contributed by atoms with Gasteiger partial charge in [-0.05, 0) is 48.9 Å². The minimum atomic E-state index is 0.0569. The summed E-state index contributed by atoms with van der Waals surface area (Å²) < 4.78 is 0. The average molecular weight is 293 g/mol. The van der Waals surface area contributed by atoms with Gasteiger partial charge in [-0.3, -0.25) is 9.88 Å². The number of para-hydroxylation sites is 1. The smallest absolute Gasteiger partial charge is 0.0705 e. The Hall–Kier alpha value is -1.71. The Bertz CT molecular complexity index is 691. The van der Waals surface area contributed by atoms with Crippen LogP contribution in [0.4, 0.5) is 0 Å². The Morgan fingerprint density at radius 2 is 2.18 bits per heavy atom. The summed E-state index contributed by atoms with van der Waals surface area (Å²) in [7, 11) is 0. The molecule has 3 saturated heterocycles. The van der Waals surface area contributed by atoms with Gasteiger partial charge < -0.3 is 5.73 Å². The van der Waals surface area contributed by atoms with E-state index in [1.165, 1.54) is 30.3 Å². The zero-order chi connectivity index (χ0) is 15.1. The Balaban J connectivity index is 1.67. The molecule has 5 rings (SSSR count). The molecule has 1 aromatic carbocycles. The molecule has 4 heterocycles. The molecular weight excluding hydrogens is 270 g/mol. The second-order valence-corrected chi connectivity index (χ2v) is 6.69. The fourth-order valence-corrected chi connectivity index (χ4v) is 4.37. The van der Waals surface area contributed by atoms with Gasteiger partial charge in [0.2, 0.25) is 0 Å². The molecule has 22 heavy (non-hydrogen) atoms. The summed E-state index contributed by atoms with van der Waals surface area (Å²) in [4.78, 5) is 7.04. The predicted octanol–water partition coefficient (Wildman–Crippen LogP) is 3.13. The van der Waals surface area contributed by atoms with Gasteiger partial charge in [-0.25, -0.2) is 0 Å². The summed E-state index contributed by atoms with van der Waals surface area (Å²) >= 11 is 0. The molecule has 0 radical (unpaired) electrons. The van der Waals surface area contributed by atoms with Gasteiger partial charge in [0.1, 0.15) is 0 Å². The number of fused-ring (bicyclic) bond motifs is 4. The number of nitrogens with zero attached hydrogens (tertiary/aromatic N) is 2. The lowest BCUT2D eigenvalue weighted by Crippen LogP contribution is -2.56. The second kappa shape index (κ2) is 5.49. The van der Waals surface area contributed by atoms with Crippen LogP contribution < -0.4 is 5.73 Å². The zero-order valence-corrected chi connectivity index (χ0v) is 12.9. The molecule has 2 aromatic rings. The van der Waals surface area contributed by atoms with Gasteiger partial charge in [-0.1, -0.05) is 24.3 Å². The van der Waals surface area contributed by atoms with Crippen LogP contribution in [-0.4, -0.2) is 29.0 Å². The SMILES string of the molecule is C=C[C@@H]1CN2CCC1C[C@@H]2[C@H](N)c1ccnc2ccccc12. The van der Waals surface area contributed by atoms with Crippen molar-refractivity contribution in [3.05, 3.63) is 54.7 Å². The van der Waals surface area contributed by atoms with Gasteiger partial charge in [-0.2, -0.15) is 0 Å². The molecule has 3 nitrogen and oxygen atoms in total. The third-order valence-corrected chi connectivity index (χ3v) is 5.61. The average Bonchev–Trinajstić information content (AvgIpc) is 2.60. The lowest BCUT2D eigenvalue weighted by Gasteiger charge is -2.51. The van der Waals surface area contributed by atoms with E-state index in [1.807, 2.05) is 12.3 Å². The molecule has 114 valence electrons. The molecule has 0 saturated carbocycles. The van der Waals surface area contributed by atoms with Crippen molar-refractivity contribution >= 4 is 10.9 Å². The standard InChI is InChI=1S/C19H23N3/c1-2-13-12-22-10-8-14(13)11-18(22)19(20)16-7-9-21-17-6-4-3-5-15(16)17/h2-7,9,13-14,18-19H,1,8,10-12,20H2/t13-,14?,18-,19-/m1/s1. The largest absolute Gasteiger partial charge is 0.323 e. The van der Waals surface area contributed by atoms with Gasteiger partial charge in [0.05, 0.1) is 5.52 Å². The van der Waals surface area contributed by atoms with Gasteiger partial charge in [0.25, 0.3) is 0 Å². The topological polar surface area (TPSA) is 42.1 Å². The fourth-order valence-electron chi connectivity index (χ4n) is 4.37. The van der Waals surface area contributed by atoms with Crippen LogP contribution in [0.3, 0.4) is 0 Å². The van der Waals surface area contributed by atoms with Crippen molar-refractivity contribution in [1.82, 2.24) is 9.88 Å². The molecule has 2 unspecified atom stereocenters. The first-order chi connectivity index (χ1) is 10.8. The first kappa shape index (κ1) is 13.9. The van der Waals surface area contributed by atoms with Crippen molar-refractivity contribution in [1.29, 1.82) is 0 Å². The Morgan fingerprint density at radius 1 is 1.32 bits per heavy atom. The van der Waals surface area contributed by atoms with Crippen LogP contribution >= 0.6 is 0 Å². The lowest BCUT2D eigenvalue weighted by molar-refractivity contribution is 0.00749. The summed E-state index contributed by atoms with van der Waals surface area (Å²) in [5, 5.41) is 1.19. The molecule has 0 amide bonds. The van der Waals surface area contributed by atoms with E-state index in [9.17, 15) is 0 Å². The molecule has 2 bridgehead atoms. The van der Waals surface area contributed by atoms with Crippen molar-refractivity contribution < 1.29 is 0 Å². The van der Waals surface area contributed by atoms with Crippen molar-refractivity contribution in [2.45, 2.75) is 24.9 Å². The van der Waals surface area contributed by atoms with E-state index in [0.717, 1.165) is 18.0 Å². The highest BCUT2D eigenvalue weighted by Crippen LogP contribution is 2.41. The monoisotopic (exact) mass is 293 g/mol. The predicted molar refractivity (Wildman–Crippen MR) is 90.4 cm³/mol. The third kappa shape index (κ3) is 2.16. The molecule has 5 atom stereocenters. The Labute approximate surface area is 131 Å². The summed E-state index contributed by atoms with van der Waals surface area (Å²) in [5.41, 5.74) is 8.99. The van der Waals surface area contributed by atoms with Gasteiger partial charge in [0, 0.05) is 30.2 Å². The lowest BCUT2D eigenvalue weighted by atomic mass is 9.73. The maximum atomic E-state index is 6.71. The minimum absolute atomic E-state index is 0.0569. The van der Waals surface area contributed by atoms with Gasteiger partial charge >= 0.3 is 0 Å². The molecule has 3 fully saturated rings. The molecule has 0 spiro atoms. The van der Waals surface area contributed by atoms with Crippen LogP contribution in [0.2, 0.25) is 0 Å². The number of piperidine rings is 3. The number of nitrogens with two attached hydrogens (primary N) is 1. The van der Waals surface area contributed by atoms with Crippen LogP contribution in [-0.2, 0) is 0 Å². The number of rotatable bonds is 3. The maximum Gasteiger partial charge on any atom is 0.0705 e. The van der Waals surface area contributed by atoms with E-state index in [2.05, 4.69) is 46.8 Å². The fraction of sp³-hybridized carbons (Fsp3) is 0.421. The van der Waals surface area contributed by atoms with Crippen molar-refractivity contribution in [3.63, 3.8) is 0 Å². The molecule has 0 aliphatic carbocycles. The summed E-state index contributed by atoms with van der Waals surface area (Å²) in [6.07, 6.45) is 6.51. The summed E-state index contributed by atoms with van der Waals surface area (Å²) in [5.74, 6) is 1.40. The first-order valence-corrected chi connectivity index (χ1v) is 8.24. The third-order valence-electron chi connectivity index (χ3n) is 5.61. The summed E-state index contributed by atoms with van der Waals surface area (Å²) in [6.45, 7) is 6.30. The molecule has 3 heteroatoms. The molecular formula is C19H23N3. The van der Waals surface area contributed by atoms with Crippen molar-refractivity contribution in [2.24, 2.45) is 17.6 Å². The Kier molecular flexibility index (Phi) is 3.47. The molecule has 1 aromatic heterocycles. The van der Waals surface area contributed by atoms with Crippen LogP contribution in [0.25, 0.3) is 10.9 Å². The van der Waals surface area contributed by atoms with Crippen molar-refractivity contribution in [3.8, 4) is 0 Å². The van der Waals surface area contributed by atoms with Crippen LogP contribution in [0.1, 0.15) is 24.4 Å². The number of benzene rings is 1. The normalized spacial score (nSPS) is 32.0. The molecule has 2 N–H and O–H groups in total. The van der Waals surface area contributed by atoms with Crippen molar-refractivity contribution in [2.75, 3.05) is 13.1 Å². The van der Waals surface area contributed by atoms with E-state index in [0.29, 0.717) is 12.0 Å². The van der Waals surface area contributed by atoms with Crippen LogP contribution in [0.15, 0.2) is 49.2 Å². The highest BCUT2D eigenvalue weighted by molar-refractivity contribution is 5.82. The minimum Gasteiger partial charge on any atom is -0.323 e. The van der Waals surface area contributed by atoms with E-state index in [1.54, 1.807) is 0 Å². The first-order valence-electron chi connectivity index (χ1n) is 8.24. The second-order valence-electron chi connectivity index (χ2n) is 6.69. The Morgan fingerprint density at radius 3 is 2.95 bits per heavy atom. The van der Waals surface area contributed by atoms with Gasteiger partial charge in [0.15, 0.2) is 0 Å². The summed E-state index contributed by atoms with van der Waals surface area (Å²) in [6, 6.07) is 10.9. The number of aromatic nitrogens is 1. The van der Waals surface area contributed by atoms with Gasteiger partial charge in [-0.15, -0.1) is 6.58 Å². The highest BCUT2D eigenvalue weighted by Gasteiger charge is 2.41. The number of pyridine rings is 1. The molecule has 3 aliphatic heterocycles. The van der Waals surface area contributed by atoms with E-state index < -0.39 is 0 Å². The van der Waals surface area contributed by atoms with E-state index >= 15 is 0 Å². The van der Waals surface area contributed by atoms with Crippen LogP contribution in [0, 0.1) is 11.8 Å². The van der Waals surface area contributed by atoms with E-state index in [-0.39, 0.29) is 6.04 Å². The van der Waals surface area contributed by atoms with Crippen LogP contribution in [0.5, 0.6) is 0 Å². The quantitative estimate of drug-likeness (QED) is 0.884. The highest BCUT2D eigenvalue weighted by atomic mass is 15.2. The molecule has 3 aliphatic rings.